The van der Waals surface area contributed by atoms with Crippen LogP contribution in [-0.2, 0) is 17.9 Å². The molecule has 0 amide bonds. The quantitative estimate of drug-likeness (QED) is 0.564. The highest BCUT2D eigenvalue weighted by atomic mass is 32.2. The number of nitrogens with zero attached hydrogens (tertiary/aromatic N) is 3. The minimum atomic E-state index is -1.51. The van der Waals surface area contributed by atoms with Crippen LogP contribution >= 0.6 is 11.8 Å². The Morgan fingerprint density at radius 3 is 2.50 bits per heavy atom. The summed E-state index contributed by atoms with van der Waals surface area (Å²) in [7, 11) is 0. The maximum absolute atomic E-state index is 13.7. The lowest BCUT2D eigenvalue weighted by Crippen LogP contribution is -2.05. The number of aryl methyl sites for hydroxylation is 2. The van der Waals surface area contributed by atoms with Crippen LogP contribution in [0.2, 0.25) is 0 Å². The molecule has 8 heteroatoms. The fraction of sp³-hybridized carbons (Fsp3) is 0.300. The average molecular weight is 407 g/mol. The summed E-state index contributed by atoms with van der Waals surface area (Å²) >= 11 is 1.59. The minimum Gasteiger partial charge on any atom is -0.396 e. The summed E-state index contributed by atoms with van der Waals surface area (Å²) in [4.78, 5) is 4.44. The monoisotopic (exact) mass is 407 g/mol. The fourth-order valence-corrected chi connectivity index (χ4v) is 3.65. The van der Waals surface area contributed by atoms with Gasteiger partial charge in [-0.3, -0.25) is 0 Å². The van der Waals surface area contributed by atoms with E-state index in [2.05, 4.69) is 16.1 Å². The molecule has 0 unspecified atom stereocenters. The summed E-state index contributed by atoms with van der Waals surface area (Å²) in [5, 5.41) is 13.3. The van der Waals surface area contributed by atoms with Gasteiger partial charge in [-0.25, -0.2) is 22.8 Å². The molecule has 0 aliphatic heterocycles. The molecule has 0 radical (unpaired) electrons. The number of hydrogen-bond acceptors (Lipinski definition) is 4. The number of benzene rings is 2. The fourth-order valence-electron chi connectivity index (χ4n) is 2.76. The van der Waals surface area contributed by atoms with Crippen molar-refractivity contribution in [1.82, 2.24) is 14.8 Å². The third kappa shape index (κ3) is 4.94. The lowest BCUT2D eigenvalue weighted by atomic mass is 10.2. The Bertz CT molecular complexity index is 939. The van der Waals surface area contributed by atoms with Gasteiger partial charge in [-0.15, -0.1) is 11.8 Å². The normalized spacial score (nSPS) is 11.2. The van der Waals surface area contributed by atoms with E-state index in [1.54, 1.807) is 11.8 Å². The molecule has 1 heterocycles. The van der Waals surface area contributed by atoms with Crippen LogP contribution in [-0.4, -0.2) is 26.5 Å². The van der Waals surface area contributed by atoms with Crippen molar-refractivity contribution in [2.45, 2.75) is 31.3 Å². The standard InChI is InChI=1S/C20H20F3N3OS/c1-13-4-2-5-14(8-13)11-28-12-19-24-18(6-3-7-27)25-26(19)15-9-16(21)20(23)17(22)10-15/h2,4-5,8-10,27H,3,6-7,11-12H2,1H3. The summed E-state index contributed by atoms with van der Waals surface area (Å²) in [6, 6.07) is 9.94. The molecule has 1 aromatic heterocycles. The predicted octanol–water partition coefficient (Wildman–Crippen LogP) is 4.35. The molecule has 0 atom stereocenters. The average Bonchev–Trinajstić information content (AvgIpc) is 3.07. The second-order valence-corrected chi connectivity index (χ2v) is 7.37. The maximum atomic E-state index is 13.7. The van der Waals surface area contributed by atoms with Crippen molar-refractivity contribution < 1.29 is 18.3 Å². The van der Waals surface area contributed by atoms with Gasteiger partial charge in [-0.05, 0) is 18.9 Å². The Labute approximate surface area is 165 Å². The molecule has 0 spiro atoms. The molecular weight excluding hydrogens is 387 g/mol. The highest BCUT2D eigenvalue weighted by molar-refractivity contribution is 7.97. The zero-order valence-electron chi connectivity index (χ0n) is 15.3. The molecule has 3 aromatic rings. The predicted molar refractivity (Wildman–Crippen MR) is 103 cm³/mol. The first-order valence-electron chi connectivity index (χ1n) is 8.82. The van der Waals surface area contributed by atoms with Gasteiger partial charge < -0.3 is 5.11 Å². The van der Waals surface area contributed by atoms with Gasteiger partial charge in [0.1, 0.15) is 5.82 Å². The Kier molecular flexibility index (Phi) is 6.74. The lowest BCUT2D eigenvalue weighted by molar-refractivity contribution is 0.287. The zero-order valence-corrected chi connectivity index (χ0v) is 16.1. The van der Waals surface area contributed by atoms with Gasteiger partial charge in [-0.2, -0.15) is 5.10 Å². The van der Waals surface area contributed by atoms with Crippen LogP contribution in [0, 0.1) is 24.4 Å². The summed E-state index contributed by atoms with van der Waals surface area (Å²) in [5.41, 5.74) is 2.41. The van der Waals surface area contributed by atoms with Crippen molar-refractivity contribution in [2.75, 3.05) is 6.61 Å². The molecule has 2 aromatic carbocycles. The van der Waals surface area contributed by atoms with Crippen molar-refractivity contribution in [3.63, 3.8) is 0 Å². The van der Waals surface area contributed by atoms with Gasteiger partial charge in [0.25, 0.3) is 0 Å². The van der Waals surface area contributed by atoms with E-state index in [4.69, 9.17) is 5.11 Å². The molecule has 0 aliphatic carbocycles. The Balaban J connectivity index is 1.83. The number of hydrogen-bond donors (Lipinski definition) is 1. The molecule has 4 nitrogen and oxygen atoms in total. The highest BCUT2D eigenvalue weighted by Gasteiger charge is 2.17. The Morgan fingerprint density at radius 1 is 1.07 bits per heavy atom. The molecule has 148 valence electrons. The van der Waals surface area contributed by atoms with Crippen molar-refractivity contribution in [3.8, 4) is 5.69 Å². The van der Waals surface area contributed by atoms with E-state index in [1.807, 2.05) is 25.1 Å². The molecule has 0 saturated carbocycles. The van der Waals surface area contributed by atoms with Gasteiger partial charge in [-0.1, -0.05) is 29.8 Å². The summed E-state index contributed by atoms with van der Waals surface area (Å²) in [6.45, 7) is 2.02. The van der Waals surface area contributed by atoms with Crippen LogP contribution in [0.25, 0.3) is 5.69 Å². The van der Waals surface area contributed by atoms with Crippen LogP contribution in [0.1, 0.15) is 29.2 Å². The number of aliphatic hydroxyl groups excluding tert-OH is 1. The van der Waals surface area contributed by atoms with E-state index >= 15 is 0 Å². The molecular formula is C20H20F3N3OS. The second-order valence-electron chi connectivity index (χ2n) is 6.39. The number of aromatic nitrogens is 3. The highest BCUT2D eigenvalue weighted by Crippen LogP contribution is 2.22. The van der Waals surface area contributed by atoms with Gasteiger partial charge in [0.15, 0.2) is 23.3 Å². The molecule has 1 N–H and O–H groups in total. The molecule has 28 heavy (non-hydrogen) atoms. The van der Waals surface area contributed by atoms with E-state index in [0.717, 1.165) is 23.4 Å². The smallest absolute Gasteiger partial charge is 0.194 e. The third-order valence-corrected chi connectivity index (χ3v) is 5.07. The van der Waals surface area contributed by atoms with Crippen LogP contribution in [0.5, 0.6) is 0 Å². The zero-order chi connectivity index (χ0) is 20.1. The first-order chi connectivity index (χ1) is 13.5. The van der Waals surface area contributed by atoms with Gasteiger partial charge in [0.2, 0.25) is 0 Å². The van der Waals surface area contributed by atoms with Gasteiger partial charge >= 0.3 is 0 Å². The molecule has 0 fully saturated rings. The second kappa shape index (κ2) is 9.25. The number of halogens is 3. The molecule has 0 bridgehead atoms. The molecule has 3 rings (SSSR count). The van der Waals surface area contributed by atoms with E-state index in [0.29, 0.717) is 30.2 Å². The van der Waals surface area contributed by atoms with E-state index in [-0.39, 0.29) is 12.3 Å². The molecule has 0 saturated heterocycles. The van der Waals surface area contributed by atoms with Gasteiger partial charge in [0, 0.05) is 30.9 Å². The first-order valence-corrected chi connectivity index (χ1v) is 9.97. The third-order valence-electron chi connectivity index (χ3n) is 4.07. The Morgan fingerprint density at radius 2 is 1.82 bits per heavy atom. The van der Waals surface area contributed by atoms with Crippen molar-refractivity contribution in [1.29, 1.82) is 0 Å². The van der Waals surface area contributed by atoms with Crippen molar-refractivity contribution >= 4 is 11.8 Å². The van der Waals surface area contributed by atoms with Crippen LogP contribution < -0.4 is 0 Å². The van der Waals surface area contributed by atoms with Crippen LogP contribution in [0.4, 0.5) is 13.2 Å². The maximum Gasteiger partial charge on any atom is 0.194 e. The SMILES string of the molecule is Cc1cccc(CSCc2nc(CCCO)nn2-c2cc(F)c(F)c(F)c2)c1. The molecule has 0 aliphatic rings. The van der Waals surface area contributed by atoms with Gasteiger partial charge in [0.05, 0.1) is 11.4 Å². The Hall–Kier alpha value is -2.32. The van der Waals surface area contributed by atoms with E-state index < -0.39 is 17.5 Å². The number of rotatable bonds is 8. The summed E-state index contributed by atoms with van der Waals surface area (Å²) < 4.78 is 42.0. The van der Waals surface area contributed by atoms with Crippen molar-refractivity contribution in [3.05, 3.63) is 76.6 Å². The summed E-state index contributed by atoms with van der Waals surface area (Å²) in [6.07, 6.45) is 0.914. The van der Waals surface area contributed by atoms with Crippen LogP contribution in [0.3, 0.4) is 0 Å². The van der Waals surface area contributed by atoms with Crippen LogP contribution in [0.15, 0.2) is 36.4 Å². The number of aliphatic hydroxyl groups is 1. The lowest BCUT2D eigenvalue weighted by Gasteiger charge is -2.07. The minimum absolute atomic E-state index is 0.00815. The topological polar surface area (TPSA) is 50.9 Å². The van der Waals surface area contributed by atoms with E-state index in [1.165, 1.54) is 10.2 Å². The largest absolute Gasteiger partial charge is 0.396 e. The number of thioether (sulfide) groups is 1. The van der Waals surface area contributed by atoms with E-state index in [9.17, 15) is 13.2 Å². The summed E-state index contributed by atoms with van der Waals surface area (Å²) in [5.74, 6) is -1.89. The first kappa shape index (κ1) is 20.4. The van der Waals surface area contributed by atoms with Crippen molar-refractivity contribution in [2.24, 2.45) is 0 Å².